The molecule has 3 aliphatic rings. The third kappa shape index (κ3) is 6.31. The molecule has 0 spiro atoms. The highest BCUT2D eigenvalue weighted by Gasteiger charge is 2.58. The zero-order valence-electron chi connectivity index (χ0n) is 19.2. The van der Waals surface area contributed by atoms with E-state index in [1.807, 2.05) is 0 Å². The van der Waals surface area contributed by atoms with Gasteiger partial charge < -0.3 is 79.3 Å². The van der Waals surface area contributed by atoms with E-state index in [9.17, 15) is 65.2 Å². The highest BCUT2D eigenvalue weighted by atomic mass is 32.2. The first-order valence-electron chi connectivity index (χ1n) is 11.1. The molecular weight excluding hydrogens is 552 g/mol. The Balaban J connectivity index is 1.57. The summed E-state index contributed by atoms with van der Waals surface area (Å²) in [7, 11) is 0. The second-order valence-corrected chi connectivity index (χ2v) is 9.48. The smallest absolute Gasteiger partial charge is 0.386 e. The zero-order valence-corrected chi connectivity index (χ0v) is 20.0. The lowest BCUT2D eigenvalue weighted by molar-refractivity contribution is -0.333. The van der Waals surface area contributed by atoms with Crippen molar-refractivity contribution < 1.29 is 92.5 Å². The average Bonchev–Trinajstić information content (AvgIpc) is 3.16. The standard InChI is InChI=1S/C18H30O19S/c19-1-5-8(22)10(24)12(26)16(34-5)33-3-6-9(23)11(25)13(27)15(35-6)32-2-4(20)7(21)14(28)18(30)17(29)36-38(31)37-18/h4-16,19-28,30H,1-3H2/t4-,5-,6-,7-,8-,9-,10+,11+,12-,13-,14+,15+,16+,18-,38?/m1/s1. The Morgan fingerprint density at radius 1 is 0.842 bits per heavy atom. The first kappa shape index (κ1) is 31.5. The summed E-state index contributed by atoms with van der Waals surface area (Å²) in [6.45, 7) is -2.38. The largest absolute Gasteiger partial charge is 0.394 e. The zero-order chi connectivity index (χ0) is 28.5. The van der Waals surface area contributed by atoms with Crippen molar-refractivity contribution in [1.82, 2.24) is 0 Å². The molecule has 0 amide bonds. The van der Waals surface area contributed by atoms with Gasteiger partial charge in [-0.2, -0.15) is 4.21 Å². The van der Waals surface area contributed by atoms with Gasteiger partial charge in [-0.15, -0.1) is 0 Å². The van der Waals surface area contributed by atoms with E-state index in [1.54, 1.807) is 0 Å². The molecule has 3 rings (SSSR count). The minimum atomic E-state index is -3.28. The van der Waals surface area contributed by atoms with Crippen molar-refractivity contribution in [2.75, 3.05) is 19.8 Å². The Hall–Kier alpha value is -1.02. The van der Waals surface area contributed by atoms with E-state index in [0.717, 1.165) is 0 Å². The fraction of sp³-hybridized carbons (Fsp3) is 0.944. The number of ether oxygens (including phenoxy) is 4. The molecule has 38 heavy (non-hydrogen) atoms. The first-order valence-corrected chi connectivity index (χ1v) is 12.1. The van der Waals surface area contributed by atoms with Gasteiger partial charge in [0, 0.05) is 0 Å². The minimum absolute atomic E-state index is 0.666. The van der Waals surface area contributed by atoms with Gasteiger partial charge in [0.15, 0.2) is 12.6 Å². The van der Waals surface area contributed by atoms with Crippen LogP contribution in [0.3, 0.4) is 0 Å². The Morgan fingerprint density at radius 3 is 1.89 bits per heavy atom. The van der Waals surface area contributed by atoms with E-state index in [4.69, 9.17) is 18.9 Å². The molecule has 11 N–H and O–H groups in total. The fourth-order valence-electron chi connectivity index (χ4n) is 3.77. The van der Waals surface area contributed by atoms with E-state index < -0.39 is 123 Å². The number of carbonyl (C=O) groups is 1. The van der Waals surface area contributed by atoms with E-state index in [-0.39, 0.29) is 0 Å². The minimum Gasteiger partial charge on any atom is -0.394 e. The third-order valence-electron chi connectivity index (χ3n) is 6.12. The molecule has 0 aromatic rings. The topological polar surface area (TPSA) is 312 Å². The van der Waals surface area contributed by atoms with Crippen molar-refractivity contribution in [2.24, 2.45) is 0 Å². The molecule has 3 saturated heterocycles. The van der Waals surface area contributed by atoms with Crippen LogP contribution in [0.1, 0.15) is 0 Å². The fourth-order valence-corrected chi connectivity index (χ4v) is 4.42. The Kier molecular flexibility index (Phi) is 10.5. The molecule has 19 nitrogen and oxygen atoms in total. The summed E-state index contributed by atoms with van der Waals surface area (Å²) in [6, 6.07) is 0. The van der Waals surface area contributed by atoms with Crippen molar-refractivity contribution in [1.29, 1.82) is 0 Å². The molecule has 1 unspecified atom stereocenters. The average molecular weight is 582 g/mol. The van der Waals surface area contributed by atoms with Crippen molar-refractivity contribution in [3.8, 4) is 0 Å². The number of aliphatic hydroxyl groups excluding tert-OH is 10. The van der Waals surface area contributed by atoms with Gasteiger partial charge in [-0.05, 0) is 0 Å². The third-order valence-corrected chi connectivity index (χ3v) is 6.80. The lowest BCUT2D eigenvalue weighted by atomic mass is 9.98. The Morgan fingerprint density at radius 2 is 1.37 bits per heavy atom. The Labute approximate surface area is 215 Å². The quantitative estimate of drug-likeness (QED) is 0.114. The predicted octanol–water partition coefficient (Wildman–Crippen LogP) is -8.45. The maximum absolute atomic E-state index is 11.5. The molecule has 0 bridgehead atoms. The molecule has 3 heterocycles. The van der Waals surface area contributed by atoms with Crippen LogP contribution >= 0.6 is 0 Å². The van der Waals surface area contributed by atoms with Crippen LogP contribution in [0.25, 0.3) is 0 Å². The second kappa shape index (κ2) is 12.7. The van der Waals surface area contributed by atoms with E-state index >= 15 is 0 Å². The number of rotatable bonds is 10. The predicted molar refractivity (Wildman–Crippen MR) is 111 cm³/mol. The van der Waals surface area contributed by atoms with Crippen molar-refractivity contribution in [2.45, 2.75) is 85.5 Å². The monoisotopic (exact) mass is 582 g/mol. The summed E-state index contributed by atoms with van der Waals surface area (Å²) < 4.78 is 40.2. The van der Waals surface area contributed by atoms with Crippen molar-refractivity contribution in [3.05, 3.63) is 0 Å². The maximum atomic E-state index is 11.5. The Bertz CT molecular complexity index is 832. The van der Waals surface area contributed by atoms with Crippen LogP contribution in [-0.4, -0.2) is 172 Å². The molecule has 3 fully saturated rings. The van der Waals surface area contributed by atoms with Gasteiger partial charge in [0.2, 0.25) is 0 Å². The molecular formula is C18H30O19S. The molecule has 0 aromatic carbocycles. The molecule has 20 heteroatoms. The normalized spacial score (nSPS) is 46.4. The van der Waals surface area contributed by atoms with Crippen LogP contribution in [0.4, 0.5) is 0 Å². The number of carbonyl (C=O) groups excluding carboxylic acids is 1. The van der Waals surface area contributed by atoms with Crippen LogP contribution in [0.15, 0.2) is 0 Å². The van der Waals surface area contributed by atoms with Crippen molar-refractivity contribution >= 4 is 17.3 Å². The van der Waals surface area contributed by atoms with E-state index in [1.165, 1.54) is 0 Å². The highest BCUT2D eigenvalue weighted by Crippen LogP contribution is 2.29. The number of aliphatic hydroxyl groups is 11. The molecule has 15 atom stereocenters. The lowest BCUT2D eigenvalue weighted by Crippen LogP contribution is -2.62. The van der Waals surface area contributed by atoms with Gasteiger partial charge in [0.25, 0.3) is 0 Å². The number of hydrogen-bond donors (Lipinski definition) is 11. The van der Waals surface area contributed by atoms with Gasteiger partial charge in [-0.3, -0.25) is 0 Å². The summed E-state index contributed by atoms with van der Waals surface area (Å²) in [5.41, 5.74) is 0. The highest BCUT2D eigenvalue weighted by molar-refractivity contribution is 7.76. The van der Waals surface area contributed by atoms with Crippen LogP contribution in [0, 0.1) is 0 Å². The van der Waals surface area contributed by atoms with Gasteiger partial charge >= 0.3 is 23.1 Å². The van der Waals surface area contributed by atoms with Gasteiger partial charge in [0.1, 0.15) is 67.1 Å². The molecule has 0 saturated carbocycles. The maximum Gasteiger partial charge on any atom is 0.386 e. The summed E-state index contributed by atoms with van der Waals surface area (Å²) in [6.07, 6.45) is -24.1. The van der Waals surface area contributed by atoms with E-state index in [0.29, 0.717) is 0 Å². The summed E-state index contributed by atoms with van der Waals surface area (Å²) in [5.74, 6) is -4.99. The lowest BCUT2D eigenvalue weighted by Gasteiger charge is -2.42. The van der Waals surface area contributed by atoms with Crippen LogP contribution in [0.2, 0.25) is 0 Å². The van der Waals surface area contributed by atoms with Crippen molar-refractivity contribution in [3.63, 3.8) is 0 Å². The molecule has 3 aliphatic heterocycles. The van der Waals surface area contributed by atoms with Crippen LogP contribution < -0.4 is 0 Å². The van der Waals surface area contributed by atoms with Gasteiger partial charge in [-0.25, -0.2) is 8.98 Å². The molecule has 0 aliphatic carbocycles. The summed E-state index contributed by atoms with van der Waals surface area (Å²) in [4.78, 5) is 11.5. The molecule has 222 valence electrons. The first-order chi connectivity index (χ1) is 17.7. The van der Waals surface area contributed by atoms with Gasteiger partial charge in [0.05, 0.1) is 19.8 Å². The van der Waals surface area contributed by atoms with Crippen LogP contribution in [-0.2, 0) is 43.5 Å². The SMILES string of the molecule is O=C1OS(=O)O[C@]1(O)[C@@H](O)[C@H](O)[C@H](O)CO[C@H]1O[C@H](CO[C@H]2O[C@H](CO)[C@@H](O)[C@H](O)[C@H]2O)[C@@H](O)[C@H](O)[C@H]1O. The summed E-state index contributed by atoms with van der Waals surface area (Å²) >= 11 is -2.77. The second-order valence-electron chi connectivity index (χ2n) is 8.74. The van der Waals surface area contributed by atoms with E-state index in [2.05, 4.69) is 8.37 Å². The number of hydrogen-bond acceptors (Lipinski definition) is 19. The molecule has 0 aromatic heterocycles. The molecule has 0 radical (unpaired) electrons. The van der Waals surface area contributed by atoms with Crippen LogP contribution in [0.5, 0.6) is 0 Å². The van der Waals surface area contributed by atoms with Gasteiger partial charge in [-0.1, -0.05) is 0 Å². The summed E-state index contributed by atoms with van der Waals surface area (Å²) in [5, 5.41) is 110.